The molecular weight excluding hydrogens is 310 g/mol. The minimum absolute atomic E-state index is 0.0478. The third kappa shape index (κ3) is 3.05. The van der Waals surface area contributed by atoms with Crippen molar-refractivity contribution < 1.29 is 4.92 Å². The highest BCUT2D eigenvalue weighted by Crippen LogP contribution is 2.33. The summed E-state index contributed by atoms with van der Waals surface area (Å²) in [6.45, 7) is 4.89. The molecule has 0 spiro atoms. The standard InChI is InChI=1S/C13H18BrN3O2/c1-8-4-3-5-10(8)6-15-13-12(14)9(2)11(7-16-13)17(18)19/h7-8,10H,3-6H2,1-2H3,(H,15,16). The highest BCUT2D eigenvalue weighted by atomic mass is 79.9. The lowest BCUT2D eigenvalue weighted by atomic mass is 9.98. The van der Waals surface area contributed by atoms with Gasteiger partial charge >= 0.3 is 0 Å². The van der Waals surface area contributed by atoms with E-state index in [4.69, 9.17) is 0 Å². The second-order valence-electron chi connectivity index (χ2n) is 5.24. The van der Waals surface area contributed by atoms with E-state index >= 15 is 0 Å². The highest BCUT2D eigenvalue weighted by Gasteiger charge is 2.24. The van der Waals surface area contributed by atoms with Crippen LogP contribution in [-0.4, -0.2) is 16.5 Å². The predicted octanol–water partition coefficient (Wildman–Crippen LogP) is 3.91. The van der Waals surface area contributed by atoms with Crippen molar-refractivity contribution in [2.75, 3.05) is 11.9 Å². The molecular formula is C13H18BrN3O2. The molecule has 0 saturated heterocycles. The van der Waals surface area contributed by atoms with Gasteiger partial charge in [0.1, 0.15) is 12.0 Å². The Balaban J connectivity index is 2.09. The van der Waals surface area contributed by atoms with E-state index in [1.54, 1.807) is 6.92 Å². The summed E-state index contributed by atoms with van der Waals surface area (Å²) in [7, 11) is 0. The zero-order chi connectivity index (χ0) is 14.0. The smallest absolute Gasteiger partial charge is 0.291 e. The SMILES string of the molecule is Cc1c([N+](=O)[O-])cnc(NCC2CCCC2C)c1Br. The summed E-state index contributed by atoms with van der Waals surface area (Å²) in [5, 5.41) is 14.1. The van der Waals surface area contributed by atoms with E-state index < -0.39 is 4.92 Å². The maximum absolute atomic E-state index is 10.8. The van der Waals surface area contributed by atoms with Gasteiger partial charge in [0.25, 0.3) is 5.69 Å². The lowest BCUT2D eigenvalue weighted by Crippen LogP contribution is -2.17. The third-order valence-electron chi connectivity index (χ3n) is 4.00. The van der Waals surface area contributed by atoms with E-state index in [-0.39, 0.29) is 5.69 Å². The number of rotatable bonds is 4. The van der Waals surface area contributed by atoms with E-state index in [1.807, 2.05) is 0 Å². The Morgan fingerprint density at radius 3 is 2.89 bits per heavy atom. The molecule has 1 heterocycles. The largest absolute Gasteiger partial charge is 0.369 e. The molecule has 5 nitrogen and oxygen atoms in total. The molecule has 2 unspecified atom stereocenters. The molecule has 1 aliphatic carbocycles. The van der Waals surface area contributed by atoms with Crippen molar-refractivity contribution in [3.63, 3.8) is 0 Å². The van der Waals surface area contributed by atoms with Crippen LogP contribution in [0.15, 0.2) is 10.7 Å². The summed E-state index contributed by atoms with van der Waals surface area (Å²) in [6.07, 6.45) is 5.15. The Bertz CT molecular complexity index is 493. The molecule has 0 bridgehead atoms. The predicted molar refractivity (Wildman–Crippen MR) is 78.3 cm³/mol. The van der Waals surface area contributed by atoms with Gasteiger partial charge in [-0.05, 0) is 41.1 Å². The van der Waals surface area contributed by atoms with Crippen LogP contribution < -0.4 is 5.32 Å². The van der Waals surface area contributed by atoms with Crippen LogP contribution in [0.3, 0.4) is 0 Å². The number of anilines is 1. The van der Waals surface area contributed by atoms with Gasteiger partial charge in [-0.3, -0.25) is 10.1 Å². The van der Waals surface area contributed by atoms with Crippen molar-refractivity contribution >= 4 is 27.4 Å². The van der Waals surface area contributed by atoms with Crippen molar-refractivity contribution in [1.29, 1.82) is 0 Å². The number of pyridine rings is 1. The molecule has 6 heteroatoms. The van der Waals surface area contributed by atoms with Gasteiger partial charge in [0, 0.05) is 12.1 Å². The van der Waals surface area contributed by atoms with E-state index in [9.17, 15) is 10.1 Å². The summed E-state index contributed by atoms with van der Waals surface area (Å²) < 4.78 is 0.687. The van der Waals surface area contributed by atoms with Crippen LogP contribution in [0.2, 0.25) is 0 Å². The molecule has 2 atom stereocenters. The van der Waals surface area contributed by atoms with Gasteiger partial charge in [-0.15, -0.1) is 0 Å². The monoisotopic (exact) mass is 327 g/mol. The van der Waals surface area contributed by atoms with Crippen molar-refractivity contribution in [3.05, 3.63) is 26.3 Å². The van der Waals surface area contributed by atoms with E-state index in [1.165, 1.54) is 25.5 Å². The summed E-state index contributed by atoms with van der Waals surface area (Å²) in [4.78, 5) is 14.6. The normalized spacial score (nSPS) is 22.5. The first kappa shape index (κ1) is 14.2. The molecule has 0 radical (unpaired) electrons. The quantitative estimate of drug-likeness (QED) is 0.672. The zero-order valence-electron chi connectivity index (χ0n) is 11.1. The van der Waals surface area contributed by atoms with Gasteiger partial charge in [-0.2, -0.15) is 0 Å². The second-order valence-corrected chi connectivity index (χ2v) is 6.03. The van der Waals surface area contributed by atoms with Crippen LogP contribution in [0, 0.1) is 28.9 Å². The van der Waals surface area contributed by atoms with E-state index in [2.05, 4.69) is 33.2 Å². The van der Waals surface area contributed by atoms with Crippen LogP contribution >= 0.6 is 15.9 Å². The topological polar surface area (TPSA) is 68.1 Å². The first-order valence-electron chi connectivity index (χ1n) is 6.54. The second kappa shape index (κ2) is 5.86. The Morgan fingerprint density at radius 2 is 2.32 bits per heavy atom. The van der Waals surface area contributed by atoms with Crippen molar-refractivity contribution in [3.8, 4) is 0 Å². The molecule has 1 fully saturated rings. The number of hydrogen-bond acceptors (Lipinski definition) is 4. The van der Waals surface area contributed by atoms with E-state index in [0.29, 0.717) is 21.8 Å². The fourth-order valence-electron chi connectivity index (χ4n) is 2.63. The number of nitro groups is 1. The number of aromatic nitrogens is 1. The average Bonchev–Trinajstić information content (AvgIpc) is 2.76. The number of nitrogens with one attached hydrogen (secondary N) is 1. The van der Waals surface area contributed by atoms with Gasteiger partial charge in [-0.1, -0.05) is 19.8 Å². The number of hydrogen-bond donors (Lipinski definition) is 1. The fraction of sp³-hybridized carbons (Fsp3) is 0.615. The summed E-state index contributed by atoms with van der Waals surface area (Å²) in [6, 6.07) is 0. The summed E-state index contributed by atoms with van der Waals surface area (Å²) >= 11 is 3.39. The van der Waals surface area contributed by atoms with Gasteiger partial charge in [0.2, 0.25) is 0 Å². The van der Waals surface area contributed by atoms with Crippen LogP contribution in [-0.2, 0) is 0 Å². The first-order chi connectivity index (χ1) is 9.00. The summed E-state index contributed by atoms with van der Waals surface area (Å²) in [5.41, 5.74) is 0.661. The molecule has 1 aromatic heterocycles. The Hall–Kier alpha value is -1.17. The lowest BCUT2D eigenvalue weighted by molar-refractivity contribution is -0.385. The Labute approximate surface area is 121 Å². The van der Waals surface area contributed by atoms with Crippen LogP contribution in [0.1, 0.15) is 31.7 Å². The Kier molecular flexibility index (Phi) is 4.39. The van der Waals surface area contributed by atoms with Gasteiger partial charge in [0.15, 0.2) is 0 Å². The molecule has 0 aliphatic heterocycles. The molecule has 0 amide bonds. The van der Waals surface area contributed by atoms with Crippen LogP contribution in [0.25, 0.3) is 0 Å². The molecule has 104 valence electrons. The maximum atomic E-state index is 10.8. The van der Waals surface area contributed by atoms with Crippen LogP contribution in [0.5, 0.6) is 0 Å². The van der Waals surface area contributed by atoms with Gasteiger partial charge in [0.05, 0.1) is 9.40 Å². The third-order valence-corrected chi connectivity index (χ3v) is 4.98. The molecule has 1 saturated carbocycles. The van der Waals surface area contributed by atoms with Crippen molar-refractivity contribution in [2.45, 2.75) is 33.1 Å². The minimum atomic E-state index is -0.407. The van der Waals surface area contributed by atoms with Gasteiger partial charge in [-0.25, -0.2) is 4.98 Å². The molecule has 1 N–H and O–H groups in total. The molecule has 19 heavy (non-hydrogen) atoms. The lowest BCUT2D eigenvalue weighted by Gasteiger charge is -2.17. The number of nitrogens with zero attached hydrogens (tertiary/aromatic N) is 2. The molecule has 2 rings (SSSR count). The maximum Gasteiger partial charge on any atom is 0.291 e. The van der Waals surface area contributed by atoms with Crippen LogP contribution in [0.4, 0.5) is 11.5 Å². The Morgan fingerprint density at radius 1 is 1.58 bits per heavy atom. The number of halogens is 1. The van der Waals surface area contributed by atoms with E-state index in [0.717, 1.165) is 12.5 Å². The minimum Gasteiger partial charge on any atom is -0.369 e. The molecule has 1 aliphatic rings. The summed E-state index contributed by atoms with van der Waals surface area (Å²) in [5.74, 6) is 2.11. The fourth-order valence-corrected chi connectivity index (χ4v) is 3.08. The van der Waals surface area contributed by atoms with Crippen molar-refractivity contribution in [2.24, 2.45) is 11.8 Å². The molecule has 0 aromatic carbocycles. The zero-order valence-corrected chi connectivity index (χ0v) is 12.7. The van der Waals surface area contributed by atoms with Crippen molar-refractivity contribution in [1.82, 2.24) is 4.98 Å². The average molecular weight is 328 g/mol. The first-order valence-corrected chi connectivity index (χ1v) is 7.33. The highest BCUT2D eigenvalue weighted by molar-refractivity contribution is 9.10. The van der Waals surface area contributed by atoms with Gasteiger partial charge < -0.3 is 5.32 Å². The molecule has 1 aromatic rings.